The molecule has 12 heteroatoms. The number of ether oxygens (including phenoxy) is 1. The number of nitro groups is 1. The zero-order chi connectivity index (χ0) is 22.4. The van der Waals surface area contributed by atoms with Gasteiger partial charge in [-0.3, -0.25) is 25.8 Å². The predicted octanol–water partition coefficient (Wildman–Crippen LogP) is 3.43. The molecular formula is C19H15BrN6O5. The maximum atomic E-state index is 12.2. The molecule has 3 aromatic rings. The molecule has 1 heterocycles. The van der Waals surface area contributed by atoms with Gasteiger partial charge >= 0.3 is 11.7 Å². The van der Waals surface area contributed by atoms with Gasteiger partial charge in [-0.05, 0) is 48.5 Å². The minimum atomic E-state index is -0.681. The Morgan fingerprint density at radius 3 is 2.23 bits per heavy atom. The summed E-state index contributed by atoms with van der Waals surface area (Å²) in [4.78, 5) is 42.5. The molecule has 0 saturated carbocycles. The van der Waals surface area contributed by atoms with E-state index in [1.54, 1.807) is 36.4 Å². The Kier molecular flexibility index (Phi) is 6.72. The molecule has 2 aromatic carbocycles. The van der Waals surface area contributed by atoms with Gasteiger partial charge in [0.1, 0.15) is 6.33 Å². The second kappa shape index (κ2) is 9.63. The minimum Gasteiger partial charge on any atom is -0.465 e. The highest BCUT2D eigenvalue weighted by Gasteiger charge is 2.24. The summed E-state index contributed by atoms with van der Waals surface area (Å²) in [7, 11) is 1.27. The number of anilines is 3. The van der Waals surface area contributed by atoms with E-state index in [2.05, 4.69) is 46.8 Å². The van der Waals surface area contributed by atoms with E-state index < -0.39 is 22.5 Å². The lowest BCUT2D eigenvalue weighted by molar-refractivity contribution is -0.383. The molecule has 0 spiro atoms. The van der Waals surface area contributed by atoms with Crippen LogP contribution in [0.5, 0.6) is 0 Å². The number of aromatic nitrogens is 2. The van der Waals surface area contributed by atoms with E-state index in [0.29, 0.717) is 16.8 Å². The fourth-order valence-corrected chi connectivity index (χ4v) is 2.73. The van der Waals surface area contributed by atoms with Gasteiger partial charge in [0, 0.05) is 15.7 Å². The third-order valence-corrected chi connectivity index (χ3v) is 4.50. The fraction of sp³-hybridized carbons (Fsp3) is 0.0526. The quantitative estimate of drug-likeness (QED) is 0.259. The van der Waals surface area contributed by atoms with Crippen molar-refractivity contribution in [3.63, 3.8) is 0 Å². The van der Waals surface area contributed by atoms with Gasteiger partial charge < -0.3 is 10.1 Å². The van der Waals surface area contributed by atoms with E-state index in [0.717, 1.165) is 10.8 Å². The summed E-state index contributed by atoms with van der Waals surface area (Å²) in [5.41, 5.74) is 5.46. The second-order valence-electron chi connectivity index (χ2n) is 5.96. The Morgan fingerprint density at radius 1 is 1.00 bits per heavy atom. The number of hydrogen-bond acceptors (Lipinski definition) is 9. The molecule has 31 heavy (non-hydrogen) atoms. The first-order valence-electron chi connectivity index (χ1n) is 8.65. The van der Waals surface area contributed by atoms with Crippen LogP contribution in [0.1, 0.15) is 20.7 Å². The third kappa shape index (κ3) is 5.30. The fourth-order valence-electron chi connectivity index (χ4n) is 2.47. The summed E-state index contributed by atoms with van der Waals surface area (Å²) in [5, 5.41) is 14.4. The van der Waals surface area contributed by atoms with E-state index in [4.69, 9.17) is 0 Å². The van der Waals surface area contributed by atoms with Crippen LogP contribution in [0.15, 0.2) is 59.3 Å². The van der Waals surface area contributed by atoms with Crippen molar-refractivity contribution >= 4 is 50.8 Å². The van der Waals surface area contributed by atoms with Crippen molar-refractivity contribution in [3.05, 3.63) is 80.6 Å². The molecular weight excluding hydrogens is 472 g/mol. The molecule has 11 nitrogen and oxygen atoms in total. The molecule has 0 radical (unpaired) electrons. The largest absolute Gasteiger partial charge is 0.465 e. The molecule has 0 atom stereocenters. The van der Waals surface area contributed by atoms with E-state index in [1.165, 1.54) is 19.2 Å². The van der Waals surface area contributed by atoms with Crippen molar-refractivity contribution in [1.82, 2.24) is 15.4 Å². The van der Waals surface area contributed by atoms with Crippen molar-refractivity contribution < 1.29 is 19.2 Å². The van der Waals surface area contributed by atoms with Crippen LogP contribution in [0.4, 0.5) is 23.0 Å². The van der Waals surface area contributed by atoms with Crippen molar-refractivity contribution in [3.8, 4) is 0 Å². The number of methoxy groups -OCH3 is 1. The number of carbonyl (C=O) groups excluding carboxylic acids is 2. The Bertz CT molecular complexity index is 1120. The van der Waals surface area contributed by atoms with Gasteiger partial charge in [-0.1, -0.05) is 15.9 Å². The Morgan fingerprint density at radius 2 is 1.61 bits per heavy atom. The standard InChI is InChI=1S/C19H15BrN6O5/c1-31-19(28)12-4-8-14(9-5-12)23-16-15(26(29)30)17(22-10-21-16)24-25-18(27)11-2-6-13(20)7-3-11/h2-10H,1H3,(H,25,27)(H2,21,22,23,24). The average molecular weight is 487 g/mol. The first-order chi connectivity index (χ1) is 14.9. The molecule has 1 aromatic heterocycles. The van der Waals surface area contributed by atoms with Crippen LogP contribution >= 0.6 is 15.9 Å². The van der Waals surface area contributed by atoms with Gasteiger partial charge in [0.15, 0.2) is 0 Å². The van der Waals surface area contributed by atoms with Gasteiger partial charge in [0.05, 0.1) is 17.6 Å². The average Bonchev–Trinajstić information content (AvgIpc) is 2.77. The molecule has 0 bridgehead atoms. The maximum Gasteiger partial charge on any atom is 0.355 e. The summed E-state index contributed by atoms with van der Waals surface area (Å²) in [6, 6.07) is 12.6. The van der Waals surface area contributed by atoms with Crippen LogP contribution in [0.25, 0.3) is 0 Å². The Balaban J connectivity index is 1.79. The van der Waals surface area contributed by atoms with Gasteiger partial charge in [-0.25, -0.2) is 14.8 Å². The highest BCUT2D eigenvalue weighted by atomic mass is 79.9. The van der Waals surface area contributed by atoms with Crippen LogP contribution in [-0.4, -0.2) is 33.9 Å². The van der Waals surface area contributed by atoms with Gasteiger partial charge in [-0.15, -0.1) is 0 Å². The number of benzene rings is 2. The van der Waals surface area contributed by atoms with Crippen LogP contribution in [-0.2, 0) is 4.74 Å². The molecule has 1 amide bonds. The molecule has 0 saturated heterocycles. The molecule has 0 aliphatic rings. The number of rotatable bonds is 7. The lowest BCUT2D eigenvalue weighted by atomic mass is 10.2. The predicted molar refractivity (Wildman–Crippen MR) is 115 cm³/mol. The highest BCUT2D eigenvalue weighted by Crippen LogP contribution is 2.30. The summed E-state index contributed by atoms with van der Waals surface area (Å²) < 4.78 is 5.43. The minimum absolute atomic E-state index is 0.105. The van der Waals surface area contributed by atoms with Crippen LogP contribution in [0.3, 0.4) is 0 Å². The van der Waals surface area contributed by atoms with E-state index in [1.807, 2.05) is 0 Å². The SMILES string of the molecule is COC(=O)c1ccc(Nc2ncnc(NNC(=O)c3ccc(Br)cc3)c2[N+](=O)[O-])cc1. The van der Waals surface area contributed by atoms with Gasteiger partial charge in [0.25, 0.3) is 5.91 Å². The van der Waals surface area contributed by atoms with Crippen molar-refractivity contribution in [1.29, 1.82) is 0 Å². The molecule has 0 aliphatic heterocycles. The molecule has 3 N–H and O–H groups in total. The van der Waals surface area contributed by atoms with Gasteiger partial charge in [-0.2, -0.15) is 0 Å². The molecule has 0 fully saturated rings. The third-order valence-electron chi connectivity index (χ3n) is 3.97. The summed E-state index contributed by atoms with van der Waals surface area (Å²) in [6.45, 7) is 0. The van der Waals surface area contributed by atoms with E-state index in [9.17, 15) is 19.7 Å². The number of nitrogens with zero attached hydrogens (tertiary/aromatic N) is 3. The number of nitrogens with one attached hydrogen (secondary N) is 3. The molecule has 158 valence electrons. The van der Waals surface area contributed by atoms with Gasteiger partial charge in [0.2, 0.25) is 11.6 Å². The highest BCUT2D eigenvalue weighted by molar-refractivity contribution is 9.10. The number of halogens is 1. The number of carbonyl (C=O) groups is 2. The summed E-state index contributed by atoms with van der Waals surface area (Å²) in [5.74, 6) is -1.33. The maximum absolute atomic E-state index is 12.2. The Hall–Kier alpha value is -4.06. The molecule has 0 unspecified atom stereocenters. The topological polar surface area (TPSA) is 148 Å². The second-order valence-corrected chi connectivity index (χ2v) is 6.87. The number of hydrazine groups is 1. The number of hydrogen-bond donors (Lipinski definition) is 3. The van der Waals surface area contributed by atoms with Crippen LogP contribution in [0, 0.1) is 10.1 Å². The zero-order valence-electron chi connectivity index (χ0n) is 16.0. The number of esters is 1. The van der Waals surface area contributed by atoms with Crippen molar-refractivity contribution in [2.24, 2.45) is 0 Å². The summed E-state index contributed by atoms with van der Waals surface area (Å²) >= 11 is 3.28. The molecule has 3 rings (SSSR count). The van der Waals surface area contributed by atoms with Crippen molar-refractivity contribution in [2.75, 3.05) is 17.9 Å². The van der Waals surface area contributed by atoms with E-state index >= 15 is 0 Å². The molecule has 0 aliphatic carbocycles. The van der Waals surface area contributed by atoms with Crippen LogP contribution in [0.2, 0.25) is 0 Å². The first kappa shape index (κ1) is 21.6. The normalized spacial score (nSPS) is 10.1. The van der Waals surface area contributed by atoms with E-state index in [-0.39, 0.29) is 11.6 Å². The van der Waals surface area contributed by atoms with Crippen LogP contribution < -0.4 is 16.2 Å². The lowest BCUT2D eigenvalue weighted by Gasteiger charge is -2.11. The Labute approximate surface area is 184 Å². The zero-order valence-corrected chi connectivity index (χ0v) is 17.5. The monoisotopic (exact) mass is 486 g/mol. The summed E-state index contributed by atoms with van der Waals surface area (Å²) in [6.07, 6.45) is 1.10. The smallest absolute Gasteiger partial charge is 0.355 e. The van der Waals surface area contributed by atoms with Crippen molar-refractivity contribution in [2.45, 2.75) is 0 Å². The number of amides is 1. The first-order valence-corrected chi connectivity index (χ1v) is 9.45. The lowest BCUT2D eigenvalue weighted by Crippen LogP contribution is -2.30.